The van der Waals surface area contributed by atoms with Crippen LogP contribution < -0.4 is 0 Å². The van der Waals surface area contributed by atoms with Gasteiger partial charge in [0.15, 0.2) is 9.04 Å². The normalized spacial score (nSPS) is 12.0. The highest BCUT2D eigenvalue weighted by atomic mass is 28.3. The zero-order chi connectivity index (χ0) is 4.99. The first-order valence-corrected chi connectivity index (χ1v) is 7.16. The van der Waals surface area contributed by atoms with Gasteiger partial charge in [0, 0.05) is 0 Å². The smallest absolute Gasteiger partial charge is 0.463 e. The van der Waals surface area contributed by atoms with Gasteiger partial charge in [-0.3, -0.25) is 0 Å². The zero-order valence-electron chi connectivity index (χ0n) is 5.69. The second kappa shape index (κ2) is 3.58. The van der Waals surface area contributed by atoms with E-state index in [1.807, 2.05) is 0 Å². The van der Waals surface area contributed by atoms with Crippen LogP contribution in [0.15, 0.2) is 0 Å². The quantitative estimate of drug-likeness (QED) is 0.475. The lowest BCUT2D eigenvalue weighted by Gasteiger charge is -1.98. The van der Waals surface area contributed by atoms with Crippen LogP contribution in [-0.2, 0) is 4.12 Å². The van der Waals surface area contributed by atoms with Crippen LogP contribution in [0, 0.1) is 0 Å². The first kappa shape index (κ1) is 6.39. The molecule has 0 aromatic heterocycles. The summed E-state index contributed by atoms with van der Waals surface area (Å²) in [6.07, 6.45) is 0. The van der Waals surface area contributed by atoms with Crippen molar-refractivity contribution in [3.63, 3.8) is 0 Å². The maximum atomic E-state index is 5.32. The maximum Gasteiger partial charge on any atom is 1.00 e. The molecule has 0 saturated carbocycles. The third kappa shape index (κ3) is 4.39. The van der Waals surface area contributed by atoms with Gasteiger partial charge in [-0.1, -0.05) is 6.55 Å². The molecule has 3 heteroatoms. The number of hydrogen-bond acceptors (Lipinski definition) is 1. The zero-order valence-corrected chi connectivity index (χ0v) is 7.26. The molecule has 0 aromatic carbocycles. The molecule has 0 amide bonds. The molecule has 0 spiro atoms. The molecule has 38 valence electrons. The molecule has 0 aromatic rings. The number of hydrogen-bond donors (Lipinski definition) is 0. The fourth-order valence-corrected chi connectivity index (χ4v) is 3.00. The predicted molar refractivity (Wildman–Crippen MR) is 35.5 cm³/mol. The molecule has 0 bridgehead atoms. The molecule has 0 radical (unpaired) electrons. The summed E-state index contributed by atoms with van der Waals surface area (Å²) < 4.78 is 5.32. The Morgan fingerprint density at radius 1 is 1.67 bits per heavy atom. The van der Waals surface area contributed by atoms with Gasteiger partial charge in [-0.15, -0.1) is 0 Å². The van der Waals surface area contributed by atoms with Gasteiger partial charge in [0.2, 0.25) is 0 Å². The first-order chi connectivity index (χ1) is 2.77. The summed E-state index contributed by atoms with van der Waals surface area (Å²) in [6, 6.07) is 0. The fourth-order valence-electron chi connectivity index (χ4n) is 0.333. The Morgan fingerprint density at radius 2 is 2.17 bits per heavy atom. The molecule has 6 heavy (non-hydrogen) atoms. The lowest BCUT2D eigenvalue weighted by molar-refractivity contribution is 0.630. The van der Waals surface area contributed by atoms with E-state index in [1.54, 1.807) is 0 Å². The van der Waals surface area contributed by atoms with Gasteiger partial charge in [-0.05, 0) is 13.1 Å². The van der Waals surface area contributed by atoms with Gasteiger partial charge in [-0.25, -0.2) is 0 Å². The fraction of sp³-hybridized carbons (Fsp3) is 1.00. The minimum Gasteiger partial charge on any atom is -0.463 e. The summed E-state index contributed by atoms with van der Waals surface area (Å²) in [5.74, 6) is 0. The van der Waals surface area contributed by atoms with Crippen molar-refractivity contribution < 1.29 is 5.54 Å². The molecule has 0 fully saturated rings. The van der Waals surface area contributed by atoms with Crippen LogP contribution in [0.5, 0.6) is 0 Å². The summed E-state index contributed by atoms with van der Waals surface area (Å²) in [5.41, 5.74) is 0. The second-order valence-corrected chi connectivity index (χ2v) is 5.51. The van der Waals surface area contributed by atoms with Crippen molar-refractivity contribution in [2.24, 2.45) is 0 Å². The van der Waals surface area contributed by atoms with Crippen LogP contribution in [0.1, 0.15) is 1.43 Å². The molecule has 0 heterocycles. The van der Waals surface area contributed by atoms with Crippen LogP contribution in [0.25, 0.3) is 0 Å². The number of rotatable bonds is 2. The Kier molecular flexibility index (Phi) is 3.81. The van der Waals surface area contributed by atoms with Crippen molar-refractivity contribution in [2.75, 3.05) is 0 Å². The van der Waals surface area contributed by atoms with Crippen LogP contribution in [0.3, 0.4) is 0 Å². The topological polar surface area (TPSA) is 9.23 Å². The van der Waals surface area contributed by atoms with E-state index in [9.17, 15) is 0 Å². The summed E-state index contributed by atoms with van der Waals surface area (Å²) in [4.78, 5) is 0. The van der Waals surface area contributed by atoms with Crippen LogP contribution in [0.2, 0.25) is 19.6 Å². The average Bonchev–Trinajstić information content (AvgIpc) is 1.35. The minimum atomic E-state index is -0.609. The van der Waals surface area contributed by atoms with Gasteiger partial charge in [0.05, 0.1) is 0 Å². The highest BCUT2D eigenvalue weighted by Gasteiger charge is 1.87. The molecular formula is C3H13OSi2+. The van der Waals surface area contributed by atoms with Gasteiger partial charge in [-0.2, -0.15) is 0 Å². The van der Waals surface area contributed by atoms with Gasteiger partial charge in [0.25, 0.3) is 0 Å². The second-order valence-electron chi connectivity index (χ2n) is 1.50. The third-order valence-corrected chi connectivity index (χ3v) is 4.50. The van der Waals surface area contributed by atoms with E-state index in [4.69, 9.17) is 4.12 Å². The van der Waals surface area contributed by atoms with E-state index in [2.05, 4.69) is 19.6 Å². The lowest BCUT2D eigenvalue weighted by atomic mass is 11.9. The summed E-state index contributed by atoms with van der Waals surface area (Å²) in [6.45, 7) is 6.58. The van der Waals surface area contributed by atoms with Crippen molar-refractivity contribution in [3.8, 4) is 0 Å². The molecule has 1 nitrogen and oxygen atoms in total. The Morgan fingerprint density at radius 3 is 2.17 bits per heavy atom. The largest absolute Gasteiger partial charge is 1.00 e. The highest BCUT2D eigenvalue weighted by Crippen LogP contribution is 1.77. The van der Waals surface area contributed by atoms with Gasteiger partial charge >= 0.3 is 1.43 Å². The van der Waals surface area contributed by atoms with Gasteiger partial charge < -0.3 is 4.12 Å². The molecule has 0 aliphatic heterocycles. The highest BCUT2D eigenvalue weighted by molar-refractivity contribution is 6.55. The molecule has 0 unspecified atom stereocenters. The Balaban J connectivity index is 0. The monoisotopic (exact) mass is 121 g/mol. The predicted octanol–water partition coefficient (Wildman–Crippen LogP) is 0.231. The van der Waals surface area contributed by atoms with Crippen LogP contribution >= 0.6 is 0 Å². The molecule has 0 saturated heterocycles. The minimum absolute atomic E-state index is 0. The molecule has 0 aliphatic rings. The molecule has 0 rings (SSSR count). The van der Waals surface area contributed by atoms with Crippen molar-refractivity contribution in [1.29, 1.82) is 0 Å². The average molecular weight is 121 g/mol. The Labute approximate surface area is 44.9 Å². The summed E-state index contributed by atoms with van der Waals surface area (Å²) >= 11 is 0. The maximum absolute atomic E-state index is 5.32. The lowest BCUT2D eigenvalue weighted by Crippen LogP contribution is -2.08. The van der Waals surface area contributed by atoms with Crippen LogP contribution in [-0.4, -0.2) is 18.8 Å². The van der Waals surface area contributed by atoms with E-state index in [1.165, 1.54) is 0 Å². The first-order valence-electron chi connectivity index (χ1n) is 2.39. The van der Waals surface area contributed by atoms with Crippen molar-refractivity contribution >= 4 is 18.8 Å². The van der Waals surface area contributed by atoms with Crippen molar-refractivity contribution in [1.82, 2.24) is 0 Å². The van der Waals surface area contributed by atoms with E-state index in [-0.39, 0.29) is 11.2 Å². The molecule has 0 N–H and O–H groups in total. The van der Waals surface area contributed by atoms with Gasteiger partial charge in [0.1, 0.15) is 9.76 Å². The third-order valence-electron chi connectivity index (χ3n) is 0.500. The summed E-state index contributed by atoms with van der Waals surface area (Å²) in [5, 5.41) is 0. The van der Waals surface area contributed by atoms with E-state index >= 15 is 0 Å². The molecule has 0 aliphatic carbocycles. The standard InChI is InChI=1S/C3H12OSi2/c1-5-4-6(2)3/h6H,5H2,1-3H3/p+1. The summed E-state index contributed by atoms with van der Waals surface area (Å²) in [7, 11) is -0.681. The van der Waals surface area contributed by atoms with Crippen molar-refractivity contribution in [3.05, 3.63) is 0 Å². The SMILES string of the molecule is C[SiH2]O[SiH](C)C.[H+]. The van der Waals surface area contributed by atoms with E-state index in [0.29, 0.717) is 0 Å². The van der Waals surface area contributed by atoms with E-state index in [0.717, 1.165) is 0 Å². The van der Waals surface area contributed by atoms with Crippen molar-refractivity contribution in [2.45, 2.75) is 19.6 Å². The Bertz CT molecular complexity index is 34.1. The Hall–Kier alpha value is 0.394. The molecule has 0 atom stereocenters. The molecular weight excluding hydrogens is 108 g/mol. The van der Waals surface area contributed by atoms with Crippen LogP contribution in [0.4, 0.5) is 0 Å². The van der Waals surface area contributed by atoms with E-state index < -0.39 is 9.04 Å².